The van der Waals surface area contributed by atoms with E-state index in [1.165, 1.54) is 12.8 Å². The Kier molecular flexibility index (Phi) is 2.97. The Balaban J connectivity index is 1.24. The van der Waals surface area contributed by atoms with Gasteiger partial charge in [-0.15, -0.1) is 0 Å². The van der Waals surface area contributed by atoms with Crippen LogP contribution in [0, 0.1) is 34.5 Å². The number of rotatable bonds is 1. The van der Waals surface area contributed by atoms with Gasteiger partial charge in [-0.3, -0.25) is 0 Å². The van der Waals surface area contributed by atoms with Crippen LogP contribution < -0.4 is 0 Å². The van der Waals surface area contributed by atoms with Gasteiger partial charge in [-0.05, 0) is 74.0 Å². The van der Waals surface area contributed by atoms with Crippen molar-refractivity contribution in [2.45, 2.75) is 90.6 Å². The molecule has 0 aromatic heterocycles. The highest BCUT2D eigenvalue weighted by Crippen LogP contribution is 2.67. The minimum absolute atomic E-state index is 0.189. The lowest BCUT2D eigenvalue weighted by Gasteiger charge is -2.64. The highest BCUT2D eigenvalue weighted by molar-refractivity contribution is 7.11. The van der Waals surface area contributed by atoms with E-state index in [1.807, 2.05) is 0 Å². The fraction of sp³-hybridized carbons (Fsp3) is 1.00. The van der Waals surface area contributed by atoms with Gasteiger partial charge in [0.15, 0.2) is 0 Å². The first-order valence-electron chi connectivity index (χ1n) is 10.7. The van der Waals surface area contributed by atoms with Crippen molar-refractivity contribution in [3.63, 3.8) is 0 Å². The predicted octanol–water partition coefficient (Wildman–Crippen LogP) is 3.52. The molecular weight excluding hydrogens is 326 g/mol. The van der Waals surface area contributed by atoms with Crippen LogP contribution >= 0.6 is 0 Å². The van der Waals surface area contributed by atoms with E-state index < -0.39 is 0 Å². The summed E-state index contributed by atoms with van der Waals surface area (Å²) in [7, 11) is -0.745. The van der Waals surface area contributed by atoms with Crippen molar-refractivity contribution >= 4 is 14.0 Å². The van der Waals surface area contributed by atoms with Crippen molar-refractivity contribution < 1.29 is 18.6 Å². The lowest BCUT2D eigenvalue weighted by molar-refractivity contribution is -0.200. The fourth-order valence-corrected chi connectivity index (χ4v) is 8.03. The van der Waals surface area contributed by atoms with Crippen molar-refractivity contribution in [2.24, 2.45) is 34.5 Å². The second kappa shape index (κ2) is 4.58. The summed E-state index contributed by atoms with van der Waals surface area (Å²) in [4.78, 5) is 0. The lowest BCUT2D eigenvalue weighted by atomic mass is 9.43. The summed E-state index contributed by atoms with van der Waals surface area (Å²) in [6.07, 6.45) is 5.17. The van der Waals surface area contributed by atoms with E-state index >= 15 is 0 Å². The Hall–Kier alpha value is -0.0301. The molecule has 6 saturated carbocycles. The van der Waals surface area contributed by atoms with Crippen LogP contribution in [0.4, 0.5) is 0 Å². The maximum Gasteiger partial charge on any atom is 0.488 e. The first kappa shape index (κ1) is 16.9. The molecule has 0 radical (unpaired) electrons. The molecule has 0 amide bonds. The van der Waals surface area contributed by atoms with Gasteiger partial charge in [-0.25, -0.2) is 0 Å². The Bertz CT molecular complexity index is 612. The van der Waals surface area contributed by atoms with E-state index in [0.29, 0.717) is 22.7 Å². The molecule has 8 rings (SSSR count). The molecule has 0 unspecified atom stereocenters. The second-order valence-electron chi connectivity index (χ2n) is 11.7. The highest BCUT2D eigenvalue weighted by atomic mass is 16.7. The normalized spacial score (nSPS) is 57.9. The quantitative estimate of drug-likeness (QED) is 0.673. The second-order valence-corrected chi connectivity index (χ2v) is 11.7. The molecule has 4 bridgehead atoms. The molecule has 0 aromatic carbocycles. The summed E-state index contributed by atoms with van der Waals surface area (Å²) < 4.78 is 26.1. The number of hydrogen-bond acceptors (Lipinski definition) is 4. The average molecular weight is 358 g/mol. The summed E-state index contributed by atoms with van der Waals surface area (Å²) in [5.74, 6) is 2.70. The molecule has 6 heteroatoms. The molecule has 8 aliphatic rings. The van der Waals surface area contributed by atoms with Gasteiger partial charge in [0.1, 0.15) is 0 Å². The molecule has 0 aromatic rings. The summed E-state index contributed by atoms with van der Waals surface area (Å²) >= 11 is 0. The van der Waals surface area contributed by atoms with E-state index in [1.54, 1.807) is 0 Å². The van der Waals surface area contributed by atoms with Crippen LogP contribution in [0.2, 0.25) is 0 Å². The third kappa shape index (κ3) is 1.71. The maximum absolute atomic E-state index is 6.60. The van der Waals surface area contributed by atoms with Gasteiger partial charge < -0.3 is 18.6 Å². The van der Waals surface area contributed by atoms with Gasteiger partial charge in [0, 0.05) is 0 Å². The van der Waals surface area contributed by atoms with E-state index in [9.17, 15) is 0 Å². The maximum atomic E-state index is 6.60. The minimum Gasteiger partial charge on any atom is -0.407 e. The summed E-state index contributed by atoms with van der Waals surface area (Å²) in [5.41, 5.74) is 0.357. The summed E-state index contributed by atoms with van der Waals surface area (Å²) in [5, 5.41) is 0. The SMILES string of the molecule is CC1(C)[C@@H]2C[C@H]1[C@]1(C)OB(B3O[C@H]4C[C@@H]5C[C@H](C5(C)C)[C@]4(C)O3)O[C@@H]1C2. The zero-order valence-electron chi connectivity index (χ0n) is 17.1. The highest BCUT2D eigenvalue weighted by Gasteiger charge is 2.73. The van der Waals surface area contributed by atoms with Crippen LogP contribution in [0.3, 0.4) is 0 Å². The Morgan fingerprint density at radius 1 is 0.615 bits per heavy atom. The van der Waals surface area contributed by atoms with Gasteiger partial charge in [0.25, 0.3) is 0 Å². The molecule has 26 heavy (non-hydrogen) atoms. The predicted molar refractivity (Wildman–Crippen MR) is 100 cm³/mol. The molecule has 2 aliphatic heterocycles. The van der Waals surface area contributed by atoms with Gasteiger partial charge in [-0.1, -0.05) is 27.7 Å². The van der Waals surface area contributed by atoms with E-state index in [0.717, 1.165) is 24.7 Å². The topological polar surface area (TPSA) is 36.9 Å². The van der Waals surface area contributed by atoms with Crippen LogP contribution in [-0.2, 0) is 18.6 Å². The summed E-state index contributed by atoms with van der Waals surface area (Å²) in [6.45, 7) is 14.1. The van der Waals surface area contributed by atoms with Crippen molar-refractivity contribution in [3.8, 4) is 0 Å². The molecule has 2 saturated heterocycles. The average Bonchev–Trinajstić information content (AvgIpc) is 3.09. The molecule has 2 heterocycles. The zero-order valence-corrected chi connectivity index (χ0v) is 17.1. The van der Waals surface area contributed by atoms with E-state index in [2.05, 4.69) is 41.5 Å². The molecule has 142 valence electrons. The van der Waals surface area contributed by atoms with Gasteiger partial charge >= 0.3 is 14.0 Å². The molecule has 0 N–H and O–H groups in total. The smallest absolute Gasteiger partial charge is 0.407 e. The molecular formula is C20H32B2O4. The van der Waals surface area contributed by atoms with Crippen molar-refractivity contribution in [1.82, 2.24) is 0 Å². The molecule has 8 atom stereocenters. The van der Waals surface area contributed by atoms with Gasteiger partial charge in [-0.2, -0.15) is 0 Å². The largest absolute Gasteiger partial charge is 0.488 e. The lowest BCUT2D eigenvalue weighted by Crippen LogP contribution is -2.65. The first-order chi connectivity index (χ1) is 12.1. The van der Waals surface area contributed by atoms with Gasteiger partial charge in [0.2, 0.25) is 0 Å². The van der Waals surface area contributed by atoms with Crippen LogP contribution in [0.5, 0.6) is 0 Å². The third-order valence-corrected chi connectivity index (χ3v) is 10.2. The van der Waals surface area contributed by atoms with Crippen LogP contribution in [-0.4, -0.2) is 37.4 Å². The third-order valence-electron chi connectivity index (χ3n) is 10.2. The molecule has 4 nitrogen and oxygen atoms in total. The van der Waals surface area contributed by atoms with E-state index in [4.69, 9.17) is 18.6 Å². The van der Waals surface area contributed by atoms with Crippen molar-refractivity contribution in [3.05, 3.63) is 0 Å². The number of hydrogen-bond donors (Lipinski definition) is 0. The first-order valence-corrected chi connectivity index (χ1v) is 10.7. The van der Waals surface area contributed by atoms with Crippen LogP contribution in [0.25, 0.3) is 0 Å². The standard InChI is InChI=1S/C20H32B2O4/c1-17(2)11-7-13(17)19(5)15(9-11)23-21(25-19)22-24-16-10-12-8-14(18(12,3)4)20(16,6)26-22/h11-16H,7-10H2,1-6H3/t11-,12+,13-,14-,15-,16+,19+,20+/m1/s1. The zero-order chi connectivity index (χ0) is 18.3. The Morgan fingerprint density at radius 2 is 1.00 bits per heavy atom. The van der Waals surface area contributed by atoms with Crippen LogP contribution in [0.15, 0.2) is 0 Å². The Morgan fingerprint density at radius 3 is 1.35 bits per heavy atom. The van der Waals surface area contributed by atoms with Crippen molar-refractivity contribution in [1.29, 1.82) is 0 Å². The van der Waals surface area contributed by atoms with E-state index in [-0.39, 0.29) is 37.4 Å². The van der Waals surface area contributed by atoms with Crippen molar-refractivity contribution in [2.75, 3.05) is 0 Å². The molecule has 6 aliphatic carbocycles. The van der Waals surface area contributed by atoms with Crippen LogP contribution in [0.1, 0.15) is 67.2 Å². The fourth-order valence-electron chi connectivity index (χ4n) is 8.03. The monoisotopic (exact) mass is 358 g/mol. The molecule has 8 fully saturated rings. The summed E-state index contributed by atoms with van der Waals surface area (Å²) in [6, 6.07) is 0. The van der Waals surface area contributed by atoms with Gasteiger partial charge in [0.05, 0.1) is 23.4 Å². The minimum atomic E-state index is -0.372. The Labute approximate surface area is 158 Å². The molecule has 0 spiro atoms.